The zero-order valence-electron chi connectivity index (χ0n) is 13.5. The number of carbonyl (C=O) groups excluding carboxylic acids is 1. The molecule has 0 saturated carbocycles. The lowest BCUT2D eigenvalue weighted by atomic mass is 9.95. The summed E-state index contributed by atoms with van der Waals surface area (Å²) in [6.45, 7) is 3.05. The highest BCUT2D eigenvalue weighted by Crippen LogP contribution is 2.30. The Hall–Kier alpha value is -2.46. The van der Waals surface area contributed by atoms with Gasteiger partial charge in [0.25, 0.3) is 15.9 Å². The van der Waals surface area contributed by atoms with Crippen LogP contribution in [0.25, 0.3) is 5.69 Å². The zero-order valence-corrected chi connectivity index (χ0v) is 14.3. The topological polar surface area (TPSA) is 115 Å². The molecule has 1 aromatic heterocycles. The summed E-state index contributed by atoms with van der Waals surface area (Å²) in [5.74, 6) is -0.201. The van der Waals surface area contributed by atoms with Gasteiger partial charge in [0.15, 0.2) is 0 Å². The minimum Gasteiger partial charge on any atom is -0.379 e. The van der Waals surface area contributed by atoms with Gasteiger partial charge < -0.3 is 10.1 Å². The van der Waals surface area contributed by atoms with E-state index in [1.54, 1.807) is 12.1 Å². The normalized spacial score (nSPS) is 23.4. The quantitative estimate of drug-likeness (QED) is 0.829. The van der Waals surface area contributed by atoms with Gasteiger partial charge in [0.2, 0.25) is 5.95 Å². The predicted molar refractivity (Wildman–Crippen MR) is 88.1 cm³/mol. The molecule has 3 heterocycles. The van der Waals surface area contributed by atoms with Crippen LogP contribution in [0.5, 0.6) is 0 Å². The van der Waals surface area contributed by atoms with Crippen LogP contribution in [0.3, 0.4) is 0 Å². The van der Waals surface area contributed by atoms with Crippen LogP contribution < -0.4 is 10.0 Å². The fraction of sp³-hybridized carbons (Fsp3) is 0.400. The SMILES string of the molecule is CCC1(NC(=O)c2ccc3c(c2)S(=O)(=O)Nc2ncnn2-3)CCOC1. The second-order valence-corrected chi connectivity index (χ2v) is 7.82. The number of amides is 1. The molecule has 0 radical (unpaired) electrons. The predicted octanol–water partition coefficient (Wildman–Crippen LogP) is 0.680. The summed E-state index contributed by atoms with van der Waals surface area (Å²) < 4.78 is 34.0. The molecule has 0 bridgehead atoms. The minimum absolute atomic E-state index is 0.00799. The van der Waals surface area contributed by atoms with Crippen molar-refractivity contribution < 1.29 is 17.9 Å². The van der Waals surface area contributed by atoms with Crippen LogP contribution in [0.15, 0.2) is 29.4 Å². The standard InChI is InChI=1S/C15H17N5O4S/c1-2-15(5-6-24-8-15)18-13(21)10-3-4-11-12(7-10)25(22,23)19-14-16-9-17-20(11)14/h3-4,7,9H,2,5-6,8H2,1H3,(H,18,21)(H,16,17,19). The van der Waals surface area contributed by atoms with Gasteiger partial charge in [0.1, 0.15) is 11.2 Å². The van der Waals surface area contributed by atoms with Crippen molar-refractivity contribution >= 4 is 21.9 Å². The van der Waals surface area contributed by atoms with Gasteiger partial charge in [-0.05, 0) is 31.0 Å². The molecule has 2 aromatic rings. The van der Waals surface area contributed by atoms with E-state index in [2.05, 4.69) is 20.1 Å². The number of rotatable bonds is 3. The van der Waals surface area contributed by atoms with Crippen molar-refractivity contribution in [3.05, 3.63) is 30.1 Å². The van der Waals surface area contributed by atoms with Gasteiger partial charge in [-0.1, -0.05) is 6.92 Å². The molecule has 1 saturated heterocycles. The number of fused-ring (bicyclic) bond motifs is 3. The van der Waals surface area contributed by atoms with Crippen molar-refractivity contribution in [2.45, 2.75) is 30.2 Å². The maximum Gasteiger partial charge on any atom is 0.266 e. The number of anilines is 1. The van der Waals surface area contributed by atoms with Crippen molar-refractivity contribution in [1.29, 1.82) is 0 Å². The highest BCUT2D eigenvalue weighted by atomic mass is 32.2. The molecule has 0 spiro atoms. The van der Waals surface area contributed by atoms with Crippen LogP contribution in [0.4, 0.5) is 5.95 Å². The molecule has 1 fully saturated rings. The van der Waals surface area contributed by atoms with Gasteiger partial charge in [-0.2, -0.15) is 14.8 Å². The highest BCUT2D eigenvalue weighted by molar-refractivity contribution is 7.93. The van der Waals surface area contributed by atoms with Crippen molar-refractivity contribution in [3.8, 4) is 5.69 Å². The number of carbonyl (C=O) groups is 1. The van der Waals surface area contributed by atoms with E-state index in [0.717, 1.165) is 12.8 Å². The first-order valence-electron chi connectivity index (χ1n) is 7.92. The van der Waals surface area contributed by atoms with Gasteiger partial charge in [-0.25, -0.2) is 13.1 Å². The molecular weight excluding hydrogens is 346 g/mol. The smallest absolute Gasteiger partial charge is 0.266 e. The van der Waals surface area contributed by atoms with E-state index in [-0.39, 0.29) is 22.3 Å². The average Bonchev–Trinajstić information content (AvgIpc) is 3.24. The largest absolute Gasteiger partial charge is 0.379 e. The Morgan fingerprint density at radius 1 is 1.48 bits per heavy atom. The number of sulfonamides is 1. The Morgan fingerprint density at radius 3 is 3.04 bits per heavy atom. The number of ether oxygens (including phenoxy) is 1. The average molecular weight is 363 g/mol. The summed E-state index contributed by atoms with van der Waals surface area (Å²) in [7, 11) is -3.81. The maximum atomic E-state index is 12.6. The number of nitrogens with zero attached hydrogens (tertiary/aromatic N) is 3. The molecule has 2 aliphatic heterocycles. The number of nitrogens with one attached hydrogen (secondary N) is 2. The van der Waals surface area contributed by atoms with E-state index in [1.807, 2.05) is 6.92 Å². The molecule has 10 heteroatoms. The molecule has 4 rings (SSSR count). The summed E-state index contributed by atoms with van der Waals surface area (Å²) >= 11 is 0. The lowest BCUT2D eigenvalue weighted by Crippen LogP contribution is -2.48. The Kier molecular flexibility index (Phi) is 3.55. The van der Waals surface area contributed by atoms with Crippen molar-refractivity contribution in [3.63, 3.8) is 0 Å². The maximum absolute atomic E-state index is 12.6. The Morgan fingerprint density at radius 2 is 2.32 bits per heavy atom. The molecule has 0 aliphatic carbocycles. The van der Waals surface area contributed by atoms with Gasteiger partial charge in [0, 0.05) is 12.2 Å². The fourth-order valence-corrected chi connectivity index (χ4v) is 4.30. The number of benzene rings is 1. The van der Waals surface area contributed by atoms with E-state index in [9.17, 15) is 13.2 Å². The lowest BCUT2D eigenvalue weighted by Gasteiger charge is -2.27. The third kappa shape index (κ3) is 2.57. The molecule has 9 nitrogen and oxygen atoms in total. The van der Waals surface area contributed by atoms with Crippen molar-refractivity contribution in [2.24, 2.45) is 0 Å². The first-order valence-corrected chi connectivity index (χ1v) is 9.40. The first kappa shape index (κ1) is 16.0. The summed E-state index contributed by atoms with van der Waals surface area (Å²) in [6.07, 6.45) is 2.74. The van der Waals surface area contributed by atoms with Crippen molar-refractivity contribution in [2.75, 3.05) is 17.9 Å². The number of hydrogen-bond donors (Lipinski definition) is 2. The van der Waals surface area contributed by atoms with Crippen LogP contribution in [-0.2, 0) is 14.8 Å². The molecule has 132 valence electrons. The third-order valence-corrected chi connectivity index (χ3v) is 6.03. The van der Waals surface area contributed by atoms with Gasteiger partial charge in [-0.15, -0.1) is 0 Å². The van der Waals surface area contributed by atoms with Crippen LogP contribution in [-0.4, -0.2) is 47.8 Å². The fourth-order valence-electron chi connectivity index (χ4n) is 3.09. The third-order valence-electron chi connectivity index (χ3n) is 4.67. The second-order valence-electron chi connectivity index (χ2n) is 6.17. The lowest BCUT2D eigenvalue weighted by molar-refractivity contribution is 0.0874. The van der Waals surface area contributed by atoms with Gasteiger partial charge >= 0.3 is 0 Å². The summed E-state index contributed by atoms with van der Waals surface area (Å²) in [6, 6.07) is 4.50. The Bertz CT molecular complexity index is 947. The monoisotopic (exact) mass is 363 g/mol. The van der Waals surface area contributed by atoms with E-state index in [1.165, 1.54) is 17.1 Å². The summed E-state index contributed by atoms with van der Waals surface area (Å²) in [5, 5.41) is 7.00. The molecular formula is C15H17N5O4S. The molecule has 1 atom stereocenters. The molecule has 1 unspecified atom stereocenters. The van der Waals surface area contributed by atoms with Crippen LogP contribution in [0.2, 0.25) is 0 Å². The summed E-state index contributed by atoms with van der Waals surface area (Å²) in [4.78, 5) is 16.5. The van der Waals surface area contributed by atoms with Gasteiger partial charge in [-0.3, -0.25) is 4.79 Å². The highest BCUT2D eigenvalue weighted by Gasteiger charge is 2.35. The number of hydrogen-bond acceptors (Lipinski definition) is 6. The molecule has 1 aromatic carbocycles. The number of aromatic nitrogens is 3. The Labute approximate surface area is 144 Å². The zero-order chi connectivity index (χ0) is 17.7. The first-order chi connectivity index (χ1) is 11.9. The second kappa shape index (κ2) is 5.53. The minimum atomic E-state index is -3.81. The van der Waals surface area contributed by atoms with E-state index in [4.69, 9.17) is 4.74 Å². The van der Waals surface area contributed by atoms with E-state index in [0.29, 0.717) is 18.9 Å². The molecule has 1 amide bonds. The molecule has 25 heavy (non-hydrogen) atoms. The van der Waals surface area contributed by atoms with Gasteiger partial charge in [0.05, 0.1) is 17.8 Å². The van der Waals surface area contributed by atoms with E-state index < -0.39 is 15.6 Å². The molecule has 2 aliphatic rings. The molecule has 2 N–H and O–H groups in total. The van der Waals surface area contributed by atoms with Crippen LogP contribution >= 0.6 is 0 Å². The summed E-state index contributed by atoms with van der Waals surface area (Å²) in [5.41, 5.74) is 0.230. The van der Waals surface area contributed by atoms with Crippen LogP contribution in [0, 0.1) is 0 Å². The Balaban J connectivity index is 1.71. The van der Waals surface area contributed by atoms with Crippen LogP contribution in [0.1, 0.15) is 30.1 Å². The van der Waals surface area contributed by atoms with E-state index >= 15 is 0 Å². The van der Waals surface area contributed by atoms with Crippen molar-refractivity contribution in [1.82, 2.24) is 20.1 Å².